The largest absolute Gasteiger partial charge is 0.481 e. The quantitative estimate of drug-likeness (QED) is 0.860. The van der Waals surface area contributed by atoms with E-state index in [1.807, 2.05) is 0 Å². The van der Waals surface area contributed by atoms with E-state index in [-0.39, 0.29) is 5.92 Å². The van der Waals surface area contributed by atoms with Crippen molar-refractivity contribution in [2.45, 2.75) is 18.9 Å². The zero-order valence-electron chi connectivity index (χ0n) is 13.7. The molecule has 0 aliphatic carbocycles. The van der Waals surface area contributed by atoms with Crippen molar-refractivity contribution in [3.05, 3.63) is 35.9 Å². The number of carbonyl (C=O) groups is 1. The van der Waals surface area contributed by atoms with Gasteiger partial charge in [0.2, 0.25) is 0 Å². The fourth-order valence-corrected chi connectivity index (χ4v) is 3.70. The summed E-state index contributed by atoms with van der Waals surface area (Å²) in [7, 11) is 0. The number of aliphatic carboxylic acids is 1. The first kappa shape index (κ1) is 16.4. The Labute approximate surface area is 138 Å². The Morgan fingerprint density at radius 3 is 2.39 bits per heavy atom. The summed E-state index contributed by atoms with van der Waals surface area (Å²) >= 11 is 0. The van der Waals surface area contributed by atoms with Crippen molar-refractivity contribution in [3.8, 4) is 0 Å². The minimum absolute atomic E-state index is 0.165. The minimum Gasteiger partial charge on any atom is -0.481 e. The fourth-order valence-electron chi connectivity index (χ4n) is 3.70. The monoisotopic (exact) mass is 317 g/mol. The molecule has 2 aliphatic rings. The molecule has 1 unspecified atom stereocenters. The highest BCUT2D eigenvalue weighted by Crippen LogP contribution is 2.28. The Bertz CT molecular complexity index is 494. The number of carboxylic acid groups (broad SMARTS) is 1. The molecule has 3 rings (SSSR count). The van der Waals surface area contributed by atoms with E-state index >= 15 is 0 Å². The molecule has 0 aromatic heterocycles. The first-order valence-electron chi connectivity index (χ1n) is 8.69. The van der Waals surface area contributed by atoms with E-state index in [2.05, 4.69) is 45.4 Å². The van der Waals surface area contributed by atoms with Crippen LogP contribution in [-0.2, 0) is 4.79 Å². The Hall–Kier alpha value is -1.43. The summed E-state index contributed by atoms with van der Waals surface area (Å²) in [6.45, 7) is 7.09. The van der Waals surface area contributed by atoms with Crippen LogP contribution in [0.4, 0.5) is 0 Å². The van der Waals surface area contributed by atoms with Gasteiger partial charge in [-0.15, -0.1) is 0 Å². The van der Waals surface area contributed by atoms with E-state index in [0.29, 0.717) is 6.04 Å². The van der Waals surface area contributed by atoms with Crippen molar-refractivity contribution in [3.63, 3.8) is 0 Å². The third-order valence-corrected chi connectivity index (χ3v) is 5.14. The van der Waals surface area contributed by atoms with Crippen LogP contribution in [0.25, 0.3) is 0 Å². The maximum absolute atomic E-state index is 11.2. The number of carboxylic acids is 1. The van der Waals surface area contributed by atoms with Crippen molar-refractivity contribution < 1.29 is 9.90 Å². The molecule has 2 heterocycles. The maximum atomic E-state index is 11.2. The second-order valence-corrected chi connectivity index (χ2v) is 6.63. The molecule has 23 heavy (non-hydrogen) atoms. The number of piperazine rings is 1. The van der Waals surface area contributed by atoms with Gasteiger partial charge in [-0.25, -0.2) is 0 Å². The lowest BCUT2D eigenvalue weighted by Gasteiger charge is -2.40. The zero-order chi connectivity index (χ0) is 16.1. The predicted octanol–water partition coefficient (Wildman–Crippen LogP) is 1.43. The Morgan fingerprint density at radius 1 is 1.13 bits per heavy atom. The number of rotatable bonds is 5. The van der Waals surface area contributed by atoms with Crippen LogP contribution in [0.1, 0.15) is 24.4 Å². The van der Waals surface area contributed by atoms with Crippen molar-refractivity contribution in [2.75, 3.05) is 45.8 Å². The van der Waals surface area contributed by atoms with E-state index in [9.17, 15) is 9.90 Å². The Morgan fingerprint density at radius 2 is 1.78 bits per heavy atom. The topological polar surface area (TPSA) is 55.8 Å². The first-order chi connectivity index (χ1) is 11.2. The van der Waals surface area contributed by atoms with E-state index in [1.54, 1.807) is 0 Å². The van der Waals surface area contributed by atoms with Crippen molar-refractivity contribution in [1.29, 1.82) is 0 Å². The molecule has 0 spiro atoms. The smallest absolute Gasteiger partial charge is 0.306 e. The third-order valence-electron chi connectivity index (χ3n) is 5.14. The lowest BCUT2D eigenvalue weighted by molar-refractivity contribution is -0.143. The summed E-state index contributed by atoms with van der Waals surface area (Å²) in [5.41, 5.74) is 1.35. The predicted molar refractivity (Wildman–Crippen MR) is 90.4 cm³/mol. The summed E-state index contributed by atoms with van der Waals surface area (Å²) in [6, 6.07) is 11.0. The molecule has 1 aromatic rings. The Kier molecular flexibility index (Phi) is 5.65. The van der Waals surface area contributed by atoms with Gasteiger partial charge in [0, 0.05) is 38.8 Å². The van der Waals surface area contributed by atoms with Gasteiger partial charge in [-0.3, -0.25) is 14.6 Å². The lowest BCUT2D eigenvalue weighted by Crippen LogP contribution is -2.48. The summed E-state index contributed by atoms with van der Waals surface area (Å²) in [4.78, 5) is 16.2. The highest BCUT2D eigenvalue weighted by Gasteiger charge is 2.30. The van der Waals surface area contributed by atoms with Crippen LogP contribution in [0.15, 0.2) is 30.3 Å². The number of hydrogen-bond acceptors (Lipinski definition) is 4. The first-order valence-corrected chi connectivity index (χ1v) is 8.69. The SMILES string of the molecule is O=C(O)C1CCN(C(CN2CCNCC2)c2ccccc2)CC1. The second kappa shape index (κ2) is 7.90. The number of nitrogens with zero attached hydrogens (tertiary/aromatic N) is 2. The van der Waals surface area contributed by atoms with Gasteiger partial charge in [0.1, 0.15) is 0 Å². The molecule has 1 atom stereocenters. The van der Waals surface area contributed by atoms with Crippen LogP contribution in [0.3, 0.4) is 0 Å². The van der Waals surface area contributed by atoms with Gasteiger partial charge in [-0.1, -0.05) is 30.3 Å². The number of benzene rings is 1. The van der Waals surface area contributed by atoms with Gasteiger partial charge >= 0.3 is 5.97 Å². The average molecular weight is 317 g/mol. The number of likely N-dealkylation sites (tertiary alicyclic amines) is 1. The molecule has 0 amide bonds. The molecule has 0 bridgehead atoms. The van der Waals surface area contributed by atoms with Gasteiger partial charge in [-0.2, -0.15) is 0 Å². The Balaban J connectivity index is 1.69. The van der Waals surface area contributed by atoms with Gasteiger partial charge in [0.05, 0.1) is 5.92 Å². The standard InChI is InChI=1S/C18H27N3O2/c22-18(23)16-6-10-21(11-7-16)17(15-4-2-1-3-5-15)14-20-12-8-19-9-13-20/h1-5,16-17,19H,6-14H2,(H,22,23). The molecular weight excluding hydrogens is 290 g/mol. The zero-order valence-corrected chi connectivity index (χ0v) is 13.7. The van der Waals surface area contributed by atoms with Crippen molar-refractivity contribution in [2.24, 2.45) is 5.92 Å². The molecule has 0 radical (unpaired) electrons. The summed E-state index contributed by atoms with van der Waals surface area (Å²) in [5.74, 6) is -0.801. The number of hydrogen-bond donors (Lipinski definition) is 2. The van der Waals surface area contributed by atoms with E-state index < -0.39 is 5.97 Å². The van der Waals surface area contributed by atoms with Gasteiger partial charge in [0.15, 0.2) is 0 Å². The lowest BCUT2D eigenvalue weighted by atomic mass is 9.94. The number of nitrogens with one attached hydrogen (secondary N) is 1. The molecule has 2 fully saturated rings. The molecule has 1 aromatic carbocycles. The summed E-state index contributed by atoms with van der Waals surface area (Å²) in [6.07, 6.45) is 1.53. The molecular formula is C18H27N3O2. The fraction of sp³-hybridized carbons (Fsp3) is 0.611. The highest BCUT2D eigenvalue weighted by atomic mass is 16.4. The normalized spacial score (nSPS) is 22.8. The minimum atomic E-state index is -0.636. The van der Waals surface area contributed by atoms with Crippen LogP contribution >= 0.6 is 0 Å². The molecule has 5 heteroatoms. The van der Waals surface area contributed by atoms with E-state index in [0.717, 1.165) is 58.7 Å². The molecule has 126 valence electrons. The number of piperidine rings is 1. The van der Waals surface area contributed by atoms with E-state index in [1.165, 1.54) is 5.56 Å². The van der Waals surface area contributed by atoms with Crippen LogP contribution in [0.2, 0.25) is 0 Å². The molecule has 2 aliphatic heterocycles. The second-order valence-electron chi connectivity index (χ2n) is 6.63. The van der Waals surface area contributed by atoms with Gasteiger partial charge in [-0.05, 0) is 31.5 Å². The van der Waals surface area contributed by atoms with Crippen LogP contribution in [0.5, 0.6) is 0 Å². The highest BCUT2D eigenvalue weighted by molar-refractivity contribution is 5.70. The molecule has 0 saturated carbocycles. The van der Waals surface area contributed by atoms with Crippen LogP contribution in [0, 0.1) is 5.92 Å². The average Bonchev–Trinajstić information content (AvgIpc) is 2.61. The van der Waals surface area contributed by atoms with Crippen molar-refractivity contribution >= 4 is 5.97 Å². The van der Waals surface area contributed by atoms with Crippen LogP contribution < -0.4 is 5.32 Å². The van der Waals surface area contributed by atoms with Crippen molar-refractivity contribution in [1.82, 2.24) is 15.1 Å². The maximum Gasteiger partial charge on any atom is 0.306 e. The molecule has 2 saturated heterocycles. The van der Waals surface area contributed by atoms with Crippen LogP contribution in [-0.4, -0.2) is 66.7 Å². The third kappa shape index (κ3) is 4.31. The molecule has 5 nitrogen and oxygen atoms in total. The summed E-state index contributed by atoms with van der Waals surface area (Å²) in [5, 5.41) is 12.6. The van der Waals surface area contributed by atoms with Gasteiger partial charge < -0.3 is 10.4 Å². The molecule has 2 N–H and O–H groups in total. The summed E-state index contributed by atoms with van der Waals surface area (Å²) < 4.78 is 0. The van der Waals surface area contributed by atoms with E-state index in [4.69, 9.17) is 0 Å². The van der Waals surface area contributed by atoms with Gasteiger partial charge in [0.25, 0.3) is 0 Å².